The van der Waals surface area contributed by atoms with Gasteiger partial charge < -0.3 is 10.1 Å². The van der Waals surface area contributed by atoms with Crippen LogP contribution < -0.4 is 10.1 Å². The van der Waals surface area contributed by atoms with Crippen LogP contribution in [0.4, 0.5) is 4.39 Å². The van der Waals surface area contributed by atoms with E-state index in [1.165, 1.54) is 12.5 Å². The molecule has 0 radical (unpaired) electrons. The van der Waals surface area contributed by atoms with E-state index in [-0.39, 0.29) is 18.0 Å². The van der Waals surface area contributed by atoms with Crippen molar-refractivity contribution in [2.75, 3.05) is 6.54 Å². The molecule has 2 nitrogen and oxygen atoms in total. The average molecular weight is 237 g/mol. The van der Waals surface area contributed by atoms with Crippen LogP contribution >= 0.6 is 0 Å². The highest BCUT2D eigenvalue weighted by atomic mass is 19.1. The summed E-state index contributed by atoms with van der Waals surface area (Å²) in [6, 6.07) is 5.06. The molecule has 1 atom stereocenters. The van der Waals surface area contributed by atoms with E-state index >= 15 is 0 Å². The first-order valence-corrected chi connectivity index (χ1v) is 6.40. The smallest absolute Gasteiger partial charge is 0.131 e. The summed E-state index contributed by atoms with van der Waals surface area (Å²) in [7, 11) is 0. The van der Waals surface area contributed by atoms with Gasteiger partial charge in [0.25, 0.3) is 0 Å². The molecule has 94 valence electrons. The third kappa shape index (κ3) is 2.78. The molecule has 1 unspecified atom stereocenters. The van der Waals surface area contributed by atoms with Crippen LogP contribution in [-0.2, 0) is 0 Å². The molecule has 0 saturated heterocycles. The monoisotopic (exact) mass is 237 g/mol. The maximum absolute atomic E-state index is 13.9. The van der Waals surface area contributed by atoms with Gasteiger partial charge in [0.1, 0.15) is 11.6 Å². The second-order valence-corrected chi connectivity index (χ2v) is 4.60. The number of rotatable bonds is 5. The zero-order valence-electron chi connectivity index (χ0n) is 10.5. The first-order valence-electron chi connectivity index (χ1n) is 6.40. The number of hydrogen-bond acceptors (Lipinski definition) is 2. The Morgan fingerprint density at radius 1 is 1.47 bits per heavy atom. The molecule has 0 heterocycles. The van der Waals surface area contributed by atoms with Crippen LogP contribution in [0.15, 0.2) is 18.2 Å². The minimum Gasteiger partial charge on any atom is -0.490 e. The Morgan fingerprint density at radius 2 is 2.24 bits per heavy atom. The summed E-state index contributed by atoms with van der Waals surface area (Å²) in [4.78, 5) is 0. The Hall–Kier alpha value is -1.09. The molecule has 1 N–H and O–H groups in total. The number of benzene rings is 1. The molecule has 2 rings (SSSR count). The zero-order valence-corrected chi connectivity index (χ0v) is 10.5. The van der Waals surface area contributed by atoms with Gasteiger partial charge in [-0.05, 0) is 44.9 Å². The lowest BCUT2D eigenvalue weighted by Crippen LogP contribution is -2.26. The van der Waals surface area contributed by atoms with Crippen LogP contribution in [0.5, 0.6) is 5.75 Å². The standard InChI is InChI=1S/C14H20FNO/c1-3-16-10(2)14-12(15)8-5-9-13(14)17-11-6-4-7-11/h5,8-11,16H,3-4,6-7H2,1-2H3. The molecule has 3 heteroatoms. The number of halogens is 1. The molecule has 0 amide bonds. The molecule has 1 aromatic rings. The third-order valence-electron chi connectivity index (χ3n) is 3.30. The highest BCUT2D eigenvalue weighted by Gasteiger charge is 2.23. The Morgan fingerprint density at radius 3 is 2.82 bits per heavy atom. The summed E-state index contributed by atoms with van der Waals surface area (Å²) >= 11 is 0. The van der Waals surface area contributed by atoms with Gasteiger partial charge in [-0.15, -0.1) is 0 Å². The molecule has 0 aromatic heterocycles. The molecular weight excluding hydrogens is 217 g/mol. The van der Waals surface area contributed by atoms with Crippen LogP contribution in [0.1, 0.15) is 44.7 Å². The summed E-state index contributed by atoms with van der Waals surface area (Å²) < 4.78 is 19.7. The lowest BCUT2D eigenvalue weighted by molar-refractivity contribution is 0.117. The molecule has 1 aliphatic carbocycles. The number of nitrogens with one attached hydrogen (secondary N) is 1. The molecule has 17 heavy (non-hydrogen) atoms. The van der Waals surface area contributed by atoms with Crippen LogP contribution in [0.25, 0.3) is 0 Å². The van der Waals surface area contributed by atoms with Crippen LogP contribution in [0.3, 0.4) is 0 Å². The number of ether oxygens (including phenoxy) is 1. The normalized spacial score (nSPS) is 17.6. The largest absolute Gasteiger partial charge is 0.490 e. The predicted octanol–water partition coefficient (Wildman–Crippen LogP) is 3.43. The highest BCUT2D eigenvalue weighted by molar-refractivity contribution is 5.37. The fourth-order valence-electron chi connectivity index (χ4n) is 2.12. The Balaban J connectivity index is 2.20. The second-order valence-electron chi connectivity index (χ2n) is 4.60. The van der Waals surface area contributed by atoms with Gasteiger partial charge in [0.2, 0.25) is 0 Å². The van der Waals surface area contributed by atoms with Gasteiger partial charge >= 0.3 is 0 Å². The van der Waals surface area contributed by atoms with E-state index in [0.717, 1.165) is 19.4 Å². The van der Waals surface area contributed by atoms with Gasteiger partial charge in [-0.2, -0.15) is 0 Å². The van der Waals surface area contributed by atoms with Crippen molar-refractivity contribution in [3.63, 3.8) is 0 Å². The quantitative estimate of drug-likeness (QED) is 0.847. The number of hydrogen-bond donors (Lipinski definition) is 1. The topological polar surface area (TPSA) is 21.3 Å². The summed E-state index contributed by atoms with van der Waals surface area (Å²) in [5, 5.41) is 3.23. The van der Waals surface area contributed by atoms with Gasteiger partial charge in [0.05, 0.1) is 6.10 Å². The average Bonchev–Trinajstić information content (AvgIpc) is 2.23. The van der Waals surface area contributed by atoms with Gasteiger partial charge in [0.15, 0.2) is 0 Å². The minimum atomic E-state index is -0.185. The molecular formula is C14H20FNO. The van der Waals surface area contributed by atoms with E-state index in [1.807, 2.05) is 19.9 Å². The van der Waals surface area contributed by atoms with E-state index in [4.69, 9.17) is 4.74 Å². The van der Waals surface area contributed by atoms with Gasteiger partial charge in [0, 0.05) is 11.6 Å². The SMILES string of the molecule is CCNC(C)c1c(F)cccc1OC1CCC1. The molecule has 1 fully saturated rings. The van der Waals surface area contributed by atoms with E-state index in [9.17, 15) is 4.39 Å². The maximum Gasteiger partial charge on any atom is 0.131 e. The molecule has 0 bridgehead atoms. The van der Waals surface area contributed by atoms with Crippen LogP contribution in [0.2, 0.25) is 0 Å². The molecule has 1 aliphatic rings. The molecule has 0 aliphatic heterocycles. The third-order valence-corrected chi connectivity index (χ3v) is 3.30. The lowest BCUT2D eigenvalue weighted by Gasteiger charge is -2.28. The fourth-order valence-corrected chi connectivity index (χ4v) is 2.12. The summed E-state index contributed by atoms with van der Waals surface area (Å²) in [5.74, 6) is 0.512. The predicted molar refractivity (Wildman–Crippen MR) is 66.8 cm³/mol. The molecule has 1 saturated carbocycles. The minimum absolute atomic E-state index is 0.0173. The first kappa shape index (κ1) is 12.4. The fraction of sp³-hybridized carbons (Fsp3) is 0.571. The Kier molecular flexibility index (Phi) is 4.00. The van der Waals surface area contributed by atoms with Crippen LogP contribution in [0, 0.1) is 5.82 Å². The van der Waals surface area contributed by atoms with Crippen molar-refractivity contribution in [3.05, 3.63) is 29.6 Å². The lowest BCUT2D eigenvalue weighted by atomic mass is 9.96. The van der Waals surface area contributed by atoms with Crippen molar-refractivity contribution in [2.24, 2.45) is 0 Å². The van der Waals surface area contributed by atoms with Gasteiger partial charge in [-0.3, -0.25) is 0 Å². The molecule has 1 aromatic carbocycles. The van der Waals surface area contributed by atoms with Crippen molar-refractivity contribution < 1.29 is 9.13 Å². The van der Waals surface area contributed by atoms with Crippen molar-refractivity contribution in [3.8, 4) is 5.75 Å². The Labute approximate surface area is 102 Å². The van der Waals surface area contributed by atoms with E-state index in [2.05, 4.69) is 5.32 Å². The van der Waals surface area contributed by atoms with E-state index in [0.29, 0.717) is 11.3 Å². The Bertz CT molecular complexity index is 376. The van der Waals surface area contributed by atoms with Crippen molar-refractivity contribution in [1.82, 2.24) is 5.32 Å². The zero-order chi connectivity index (χ0) is 12.3. The molecule has 0 spiro atoms. The highest BCUT2D eigenvalue weighted by Crippen LogP contribution is 2.32. The van der Waals surface area contributed by atoms with Crippen LogP contribution in [-0.4, -0.2) is 12.6 Å². The van der Waals surface area contributed by atoms with Gasteiger partial charge in [-0.25, -0.2) is 4.39 Å². The van der Waals surface area contributed by atoms with Gasteiger partial charge in [-0.1, -0.05) is 13.0 Å². The maximum atomic E-state index is 13.9. The van der Waals surface area contributed by atoms with Crippen molar-refractivity contribution in [2.45, 2.75) is 45.3 Å². The summed E-state index contributed by atoms with van der Waals surface area (Å²) in [6.45, 7) is 4.80. The van der Waals surface area contributed by atoms with Crippen molar-refractivity contribution >= 4 is 0 Å². The summed E-state index contributed by atoms with van der Waals surface area (Å²) in [6.07, 6.45) is 3.68. The first-order chi connectivity index (χ1) is 8.22. The summed E-state index contributed by atoms with van der Waals surface area (Å²) in [5.41, 5.74) is 0.654. The van der Waals surface area contributed by atoms with E-state index < -0.39 is 0 Å². The van der Waals surface area contributed by atoms with Crippen molar-refractivity contribution in [1.29, 1.82) is 0 Å². The second kappa shape index (κ2) is 5.50. The van der Waals surface area contributed by atoms with E-state index in [1.54, 1.807) is 6.07 Å².